The number of hydrogen-bond donors (Lipinski definition) is 2. The third-order valence-electron chi connectivity index (χ3n) is 5.28. The first-order chi connectivity index (χ1) is 13.4. The fourth-order valence-electron chi connectivity index (χ4n) is 3.62. The molecule has 0 bridgehead atoms. The molecule has 0 spiro atoms. The summed E-state index contributed by atoms with van der Waals surface area (Å²) >= 11 is 0. The van der Waals surface area contributed by atoms with Crippen molar-refractivity contribution in [2.45, 2.75) is 25.7 Å². The maximum absolute atomic E-state index is 12.2. The van der Waals surface area contributed by atoms with Gasteiger partial charge in [0, 0.05) is 23.0 Å². The molecule has 142 valence electrons. The standard InChI is InChI=1S/C24H24N2O2/c1-15(17-9-5-3-6-10-17)19-13-20(16(2)18-11-7-4-8-12-18)22(24(26)28)14-21(19)23(25)27/h3-16H,1-2H3,(H2,25,27)(H2,26,28). The lowest BCUT2D eigenvalue weighted by Crippen LogP contribution is -2.21. The van der Waals surface area contributed by atoms with E-state index in [0.29, 0.717) is 11.1 Å². The average molecular weight is 372 g/mol. The number of hydrogen-bond acceptors (Lipinski definition) is 2. The van der Waals surface area contributed by atoms with Gasteiger partial charge >= 0.3 is 0 Å². The van der Waals surface area contributed by atoms with E-state index >= 15 is 0 Å². The Hall–Kier alpha value is -3.40. The van der Waals surface area contributed by atoms with Crippen molar-refractivity contribution in [2.24, 2.45) is 11.5 Å². The van der Waals surface area contributed by atoms with E-state index in [9.17, 15) is 9.59 Å². The number of benzene rings is 3. The monoisotopic (exact) mass is 372 g/mol. The van der Waals surface area contributed by atoms with Gasteiger partial charge < -0.3 is 11.5 Å². The highest BCUT2D eigenvalue weighted by atomic mass is 16.1. The minimum Gasteiger partial charge on any atom is -0.366 e. The van der Waals surface area contributed by atoms with Crippen molar-refractivity contribution < 1.29 is 9.59 Å². The van der Waals surface area contributed by atoms with Crippen LogP contribution in [0.25, 0.3) is 0 Å². The molecule has 0 fully saturated rings. The summed E-state index contributed by atoms with van der Waals surface area (Å²) in [5.41, 5.74) is 15.7. The molecule has 0 aromatic heterocycles. The lowest BCUT2D eigenvalue weighted by Gasteiger charge is -2.22. The molecule has 3 rings (SSSR count). The number of nitrogens with two attached hydrogens (primary N) is 2. The Morgan fingerprint density at radius 2 is 1.00 bits per heavy atom. The molecule has 0 saturated heterocycles. The zero-order valence-electron chi connectivity index (χ0n) is 16.1. The van der Waals surface area contributed by atoms with Crippen LogP contribution in [0.2, 0.25) is 0 Å². The number of amides is 2. The maximum Gasteiger partial charge on any atom is 0.249 e. The fraction of sp³-hybridized carbons (Fsp3) is 0.167. The normalized spacial score (nSPS) is 12.9. The molecule has 0 aliphatic carbocycles. The number of carbonyl (C=O) groups is 2. The molecule has 0 saturated carbocycles. The fourth-order valence-corrected chi connectivity index (χ4v) is 3.62. The summed E-state index contributed by atoms with van der Waals surface area (Å²) in [6.07, 6.45) is 0. The number of rotatable bonds is 6. The highest BCUT2D eigenvalue weighted by Gasteiger charge is 2.24. The second-order valence-electron chi connectivity index (χ2n) is 7.02. The molecule has 2 unspecified atom stereocenters. The summed E-state index contributed by atoms with van der Waals surface area (Å²) in [5, 5.41) is 0. The molecular formula is C24H24N2O2. The van der Waals surface area contributed by atoms with E-state index in [-0.39, 0.29) is 11.8 Å². The largest absolute Gasteiger partial charge is 0.366 e. The topological polar surface area (TPSA) is 86.2 Å². The molecule has 2 amide bonds. The SMILES string of the molecule is CC(c1ccccc1)c1cc(C(C)c2ccccc2)c(C(N)=O)cc1C(N)=O. The van der Waals surface area contributed by atoms with Gasteiger partial charge in [0.25, 0.3) is 0 Å². The Morgan fingerprint density at radius 3 is 1.32 bits per heavy atom. The molecule has 0 aliphatic rings. The van der Waals surface area contributed by atoms with Crippen LogP contribution in [-0.2, 0) is 0 Å². The van der Waals surface area contributed by atoms with E-state index in [1.807, 2.05) is 80.6 Å². The zero-order valence-corrected chi connectivity index (χ0v) is 16.1. The third kappa shape index (κ3) is 3.81. The summed E-state index contributed by atoms with van der Waals surface area (Å²) < 4.78 is 0. The Kier molecular flexibility index (Phi) is 5.59. The first-order valence-corrected chi connectivity index (χ1v) is 9.27. The van der Waals surface area contributed by atoms with Gasteiger partial charge in [-0.05, 0) is 28.3 Å². The van der Waals surface area contributed by atoms with Crippen LogP contribution in [0.15, 0.2) is 72.8 Å². The van der Waals surface area contributed by atoms with Gasteiger partial charge in [0.1, 0.15) is 0 Å². The first-order valence-electron chi connectivity index (χ1n) is 9.27. The van der Waals surface area contributed by atoms with Crippen molar-refractivity contribution in [1.82, 2.24) is 0 Å². The van der Waals surface area contributed by atoms with Crippen LogP contribution in [0.1, 0.15) is 68.7 Å². The van der Waals surface area contributed by atoms with Crippen LogP contribution >= 0.6 is 0 Å². The van der Waals surface area contributed by atoms with Gasteiger partial charge in [-0.3, -0.25) is 9.59 Å². The Balaban J connectivity index is 2.21. The van der Waals surface area contributed by atoms with Gasteiger partial charge in [0.05, 0.1) is 0 Å². The lowest BCUT2D eigenvalue weighted by atomic mass is 9.82. The number of primary amides is 2. The second-order valence-corrected chi connectivity index (χ2v) is 7.02. The van der Waals surface area contributed by atoms with Crippen LogP contribution in [0.5, 0.6) is 0 Å². The minimum atomic E-state index is -0.570. The zero-order chi connectivity index (χ0) is 20.3. The molecule has 4 N–H and O–H groups in total. The van der Waals surface area contributed by atoms with Crippen molar-refractivity contribution in [2.75, 3.05) is 0 Å². The van der Waals surface area contributed by atoms with Gasteiger partial charge in [-0.15, -0.1) is 0 Å². The summed E-state index contributed by atoms with van der Waals surface area (Å²) in [6.45, 7) is 4.05. The maximum atomic E-state index is 12.2. The van der Waals surface area contributed by atoms with E-state index in [2.05, 4.69) is 0 Å². The second kappa shape index (κ2) is 8.09. The third-order valence-corrected chi connectivity index (χ3v) is 5.28. The van der Waals surface area contributed by atoms with Crippen molar-refractivity contribution in [3.63, 3.8) is 0 Å². The quantitative estimate of drug-likeness (QED) is 0.680. The molecule has 3 aromatic rings. The van der Waals surface area contributed by atoms with Gasteiger partial charge in [-0.1, -0.05) is 80.6 Å². The molecule has 4 heteroatoms. The Morgan fingerprint density at radius 1 is 0.643 bits per heavy atom. The van der Waals surface area contributed by atoms with E-state index in [4.69, 9.17) is 11.5 Å². The Bertz CT molecular complexity index is 919. The van der Waals surface area contributed by atoms with E-state index < -0.39 is 11.8 Å². The number of carbonyl (C=O) groups excluding carboxylic acids is 2. The molecule has 2 atom stereocenters. The molecule has 0 radical (unpaired) electrons. The van der Waals surface area contributed by atoms with Crippen molar-refractivity contribution in [3.8, 4) is 0 Å². The molecular weight excluding hydrogens is 348 g/mol. The van der Waals surface area contributed by atoms with Gasteiger partial charge in [0.15, 0.2) is 0 Å². The highest BCUT2D eigenvalue weighted by Crippen LogP contribution is 2.34. The van der Waals surface area contributed by atoms with Crippen LogP contribution in [0.4, 0.5) is 0 Å². The summed E-state index contributed by atoms with van der Waals surface area (Å²) in [5.74, 6) is -1.27. The van der Waals surface area contributed by atoms with Crippen molar-refractivity contribution in [1.29, 1.82) is 0 Å². The van der Waals surface area contributed by atoms with Gasteiger partial charge in [0.2, 0.25) is 11.8 Å². The van der Waals surface area contributed by atoms with Crippen molar-refractivity contribution in [3.05, 3.63) is 106 Å². The van der Waals surface area contributed by atoms with E-state index in [0.717, 1.165) is 22.3 Å². The summed E-state index contributed by atoms with van der Waals surface area (Å²) in [4.78, 5) is 24.3. The molecule has 4 nitrogen and oxygen atoms in total. The van der Waals surface area contributed by atoms with Crippen LogP contribution in [-0.4, -0.2) is 11.8 Å². The smallest absolute Gasteiger partial charge is 0.249 e. The predicted octanol–water partition coefficient (Wildman–Crippen LogP) is 4.19. The lowest BCUT2D eigenvalue weighted by molar-refractivity contribution is 0.0998. The molecule has 3 aromatic carbocycles. The van der Waals surface area contributed by atoms with Crippen LogP contribution in [0, 0.1) is 0 Å². The molecule has 28 heavy (non-hydrogen) atoms. The molecule has 0 aliphatic heterocycles. The molecule has 0 heterocycles. The predicted molar refractivity (Wildman–Crippen MR) is 111 cm³/mol. The summed E-state index contributed by atoms with van der Waals surface area (Å²) in [7, 11) is 0. The summed E-state index contributed by atoms with van der Waals surface area (Å²) in [6, 6.07) is 23.2. The van der Waals surface area contributed by atoms with Crippen molar-refractivity contribution >= 4 is 11.8 Å². The van der Waals surface area contributed by atoms with Crippen LogP contribution < -0.4 is 11.5 Å². The van der Waals surface area contributed by atoms with E-state index in [1.54, 1.807) is 6.07 Å². The van der Waals surface area contributed by atoms with E-state index in [1.165, 1.54) is 0 Å². The first kappa shape index (κ1) is 19.4. The average Bonchev–Trinajstić information content (AvgIpc) is 2.72. The van der Waals surface area contributed by atoms with Crippen LogP contribution in [0.3, 0.4) is 0 Å². The van der Waals surface area contributed by atoms with Gasteiger partial charge in [-0.2, -0.15) is 0 Å². The minimum absolute atomic E-state index is 0.0626. The van der Waals surface area contributed by atoms with Gasteiger partial charge in [-0.25, -0.2) is 0 Å². The Labute approximate surface area is 165 Å². The highest BCUT2D eigenvalue weighted by molar-refractivity contribution is 6.01.